The summed E-state index contributed by atoms with van der Waals surface area (Å²) in [5, 5.41) is 12.2. The molecule has 2 N–H and O–H groups in total. The van der Waals surface area contributed by atoms with Crippen molar-refractivity contribution >= 4 is 29.5 Å². The second kappa shape index (κ2) is 11.4. The van der Waals surface area contributed by atoms with Gasteiger partial charge < -0.3 is 24.8 Å². The van der Waals surface area contributed by atoms with Crippen LogP contribution in [0, 0.1) is 11.8 Å². The highest BCUT2D eigenvalue weighted by atomic mass is 32.2. The minimum atomic E-state index is -0.586. The van der Waals surface area contributed by atoms with Crippen LogP contribution in [-0.4, -0.2) is 107 Å². The Bertz CT molecular complexity index is 793. The van der Waals surface area contributed by atoms with Gasteiger partial charge in [0.1, 0.15) is 6.04 Å². The molecule has 35 heavy (non-hydrogen) atoms. The zero-order valence-electron chi connectivity index (χ0n) is 21.1. The molecule has 0 radical (unpaired) electrons. The molecule has 5 atom stereocenters. The number of unbranched alkanes of at least 4 members (excludes halogenated alkanes) is 3. The Hall–Kier alpha value is -1.36. The largest absolute Gasteiger partial charge is 0.466 e. The fourth-order valence-electron chi connectivity index (χ4n) is 6.56. The van der Waals surface area contributed by atoms with Gasteiger partial charge in [-0.25, -0.2) is 0 Å². The number of aliphatic hydroxyl groups excluding tert-OH is 1. The number of aliphatic hydroxyl groups is 1. The first-order valence-electron chi connectivity index (χ1n) is 13.2. The van der Waals surface area contributed by atoms with E-state index in [1.54, 1.807) is 23.6 Å². The molecule has 10 heteroatoms. The van der Waals surface area contributed by atoms with Gasteiger partial charge in [-0.2, -0.15) is 0 Å². The molecule has 4 aliphatic rings. The van der Waals surface area contributed by atoms with Crippen molar-refractivity contribution in [2.75, 3.05) is 59.2 Å². The lowest BCUT2D eigenvalue weighted by molar-refractivity contribution is -0.155. The van der Waals surface area contributed by atoms with Crippen LogP contribution in [-0.2, 0) is 23.9 Å². The van der Waals surface area contributed by atoms with Gasteiger partial charge in [0, 0.05) is 44.1 Å². The Morgan fingerprint density at radius 3 is 2.63 bits per heavy atom. The van der Waals surface area contributed by atoms with Gasteiger partial charge in [0.2, 0.25) is 11.8 Å². The minimum Gasteiger partial charge on any atom is -0.466 e. The Morgan fingerprint density at radius 1 is 1.17 bits per heavy atom. The minimum absolute atomic E-state index is 0.0746. The predicted octanol–water partition coefficient (Wildman–Crippen LogP) is 1.03. The Labute approximate surface area is 212 Å². The molecule has 0 aromatic heterocycles. The van der Waals surface area contributed by atoms with Crippen LogP contribution in [0.1, 0.15) is 52.4 Å². The highest BCUT2D eigenvalue weighted by molar-refractivity contribution is 8.02. The number of nitrogens with one attached hydrogen (secondary N) is 1. The number of hydrogen-bond donors (Lipinski definition) is 2. The number of rotatable bonds is 12. The van der Waals surface area contributed by atoms with Crippen molar-refractivity contribution in [3.05, 3.63) is 0 Å². The number of nitrogens with zero attached hydrogens (tertiary/aromatic N) is 2. The van der Waals surface area contributed by atoms with Gasteiger partial charge in [-0.15, -0.1) is 11.8 Å². The molecule has 0 saturated carbocycles. The first-order chi connectivity index (χ1) is 16.9. The SMILES string of the molecule is CCOC(=O)[C@H]1[C@H]2C(=O)N(CCCCCCO)C(C(=O)NCCN3CCOCC3)C23CC[C@]1(C)S3. The van der Waals surface area contributed by atoms with Gasteiger partial charge in [0.05, 0.1) is 36.4 Å². The predicted molar refractivity (Wildman–Crippen MR) is 133 cm³/mol. The third-order valence-corrected chi connectivity index (χ3v) is 10.2. The van der Waals surface area contributed by atoms with Gasteiger partial charge in [0.25, 0.3) is 0 Å². The number of esters is 1. The van der Waals surface area contributed by atoms with E-state index in [1.807, 2.05) is 0 Å². The zero-order chi connectivity index (χ0) is 25.1. The molecule has 0 aromatic carbocycles. The molecule has 4 aliphatic heterocycles. The molecule has 1 spiro atoms. The summed E-state index contributed by atoms with van der Waals surface area (Å²) in [6, 6.07) is -0.575. The van der Waals surface area contributed by atoms with E-state index < -0.39 is 22.6 Å². The third kappa shape index (κ3) is 5.08. The van der Waals surface area contributed by atoms with Crippen LogP contribution in [0.25, 0.3) is 0 Å². The molecule has 0 aromatic rings. The molecule has 0 aliphatic carbocycles. The van der Waals surface area contributed by atoms with Gasteiger partial charge in [-0.05, 0) is 39.5 Å². The van der Waals surface area contributed by atoms with E-state index >= 15 is 0 Å². The molecule has 2 unspecified atom stereocenters. The Morgan fingerprint density at radius 2 is 1.91 bits per heavy atom. The normalized spacial score (nSPS) is 34.3. The quantitative estimate of drug-likeness (QED) is 0.296. The van der Waals surface area contributed by atoms with Crippen LogP contribution in [0.2, 0.25) is 0 Å². The van der Waals surface area contributed by atoms with Crippen molar-refractivity contribution < 1.29 is 29.0 Å². The van der Waals surface area contributed by atoms with E-state index in [2.05, 4.69) is 17.1 Å². The summed E-state index contributed by atoms with van der Waals surface area (Å²) < 4.78 is 9.86. The summed E-state index contributed by atoms with van der Waals surface area (Å²) in [4.78, 5) is 44.6. The molecule has 4 heterocycles. The number of carbonyl (C=O) groups is 3. The summed E-state index contributed by atoms with van der Waals surface area (Å²) in [5.74, 6) is -1.52. The average molecular weight is 512 g/mol. The number of amides is 2. The fraction of sp³-hybridized carbons (Fsp3) is 0.880. The van der Waals surface area contributed by atoms with Crippen LogP contribution in [0.15, 0.2) is 0 Å². The number of likely N-dealkylation sites (tertiary alicyclic amines) is 1. The van der Waals surface area contributed by atoms with Crippen LogP contribution < -0.4 is 5.32 Å². The maximum absolute atomic E-state index is 13.9. The van der Waals surface area contributed by atoms with Crippen LogP contribution in [0.4, 0.5) is 0 Å². The van der Waals surface area contributed by atoms with Gasteiger partial charge in [-0.1, -0.05) is 12.8 Å². The second-order valence-corrected chi connectivity index (χ2v) is 12.3. The molecule has 9 nitrogen and oxygen atoms in total. The van der Waals surface area contributed by atoms with Crippen molar-refractivity contribution in [3.63, 3.8) is 0 Å². The zero-order valence-corrected chi connectivity index (χ0v) is 21.9. The maximum atomic E-state index is 13.9. The molecule has 198 valence electrons. The van der Waals surface area contributed by atoms with Crippen molar-refractivity contribution in [3.8, 4) is 0 Å². The summed E-state index contributed by atoms with van der Waals surface area (Å²) in [6.07, 6.45) is 4.85. The molecule has 4 fully saturated rings. The summed E-state index contributed by atoms with van der Waals surface area (Å²) in [6.45, 7) is 9.22. The number of morpholine rings is 1. The summed E-state index contributed by atoms with van der Waals surface area (Å²) in [7, 11) is 0. The monoisotopic (exact) mass is 511 g/mol. The standard InChI is InChI=1S/C25H41N3O6S/c1-3-34-23(32)19-18-22(31)28(11-6-4-5-7-15-29)20(25(18)9-8-24(19,2)35-25)21(30)26-10-12-27-13-16-33-17-14-27/h18-20,29H,3-17H2,1-2H3,(H,26,30)/t18-,19+,20?,24-,25?/m0/s1. The fourth-order valence-corrected chi connectivity index (χ4v) is 8.91. The number of ether oxygens (including phenoxy) is 2. The number of carbonyl (C=O) groups excluding carboxylic acids is 3. The lowest BCUT2D eigenvalue weighted by atomic mass is 9.66. The summed E-state index contributed by atoms with van der Waals surface area (Å²) >= 11 is 1.68. The van der Waals surface area contributed by atoms with Crippen molar-refractivity contribution in [1.29, 1.82) is 0 Å². The Balaban J connectivity index is 1.51. The first-order valence-corrected chi connectivity index (χ1v) is 14.1. The van der Waals surface area contributed by atoms with E-state index in [4.69, 9.17) is 14.6 Å². The summed E-state index contributed by atoms with van der Waals surface area (Å²) in [5.41, 5.74) is 0. The molecule has 2 amide bonds. The van der Waals surface area contributed by atoms with E-state index in [1.165, 1.54) is 0 Å². The van der Waals surface area contributed by atoms with E-state index in [9.17, 15) is 14.4 Å². The van der Waals surface area contributed by atoms with E-state index in [-0.39, 0.29) is 35.7 Å². The average Bonchev–Trinajstić information content (AvgIpc) is 3.40. The van der Waals surface area contributed by atoms with Gasteiger partial charge >= 0.3 is 5.97 Å². The smallest absolute Gasteiger partial charge is 0.311 e. The highest BCUT2D eigenvalue weighted by Crippen LogP contribution is 2.71. The molecular formula is C25H41N3O6S. The number of hydrogen-bond acceptors (Lipinski definition) is 8. The number of fused-ring (bicyclic) bond motifs is 1. The van der Waals surface area contributed by atoms with Crippen LogP contribution in [0.5, 0.6) is 0 Å². The van der Waals surface area contributed by atoms with Crippen molar-refractivity contribution in [2.24, 2.45) is 11.8 Å². The van der Waals surface area contributed by atoms with Crippen LogP contribution >= 0.6 is 11.8 Å². The molecular weight excluding hydrogens is 470 g/mol. The lowest BCUT2D eigenvalue weighted by Gasteiger charge is -2.34. The number of thioether (sulfide) groups is 1. The van der Waals surface area contributed by atoms with Crippen molar-refractivity contribution in [2.45, 2.75) is 67.9 Å². The molecule has 4 rings (SSSR count). The van der Waals surface area contributed by atoms with Gasteiger partial charge in [-0.3, -0.25) is 19.3 Å². The van der Waals surface area contributed by atoms with Crippen LogP contribution in [0.3, 0.4) is 0 Å². The van der Waals surface area contributed by atoms with E-state index in [0.717, 1.165) is 58.2 Å². The molecule has 2 bridgehead atoms. The van der Waals surface area contributed by atoms with E-state index in [0.29, 0.717) is 26.3 Å². The van der Waals surface area contributed by atoms with Gasteiger partial charge in [0.15, 0.2) is 0 Å². The molecule has 4 saturated heterocycles. The topological polar surface area (TPSA) is 108 Å². The lowest BCUT2D eigenvalue weighted by Crippen LogP contribution is -2.54. The third-order valence-electron chi connectivity index (χ3n) is 8.20. The highest BCUT2D eigenvalue weighted by Gasteiger charge is 2.77. The second-order valence-electron chi connectivity index (χ2n) is 10.4. The Kier molecular flexibility index (Phi) is 8.66. The maximum Gasteiger partial charge on any atom is 0.311 e. The van der Waals surface area contributed by atoms with Crippen molar-refractivity contribution in [1.82, 2.24) is 15.1 Å². The first kappa shape index (κ1) is 26.7.